The minimum Gasteiger partial charge on any atom is -0.469 e. The molecule has 0 saturated heterocycles. The lowest BCUT2D eigenvalue weighted by molar-refractivity contribution is -0.152. The second kappa shape index (κ2) is 8.14. The summed E-state index contributed by atoms with van der Waals surface area (Å²) in [6.45, 7) is 9.51. The third kappa shape index (κ3) is 4.15. The van der Waals surface area contributed by atoms with Crippen LogP contribution in [-0.2, 0) is 19.1 Å². The van der Waals surface area contributed by atoms with E-state index in [0.29, 0.717) is 23.7 Å². The van der Waals surface area contributed by atoms with Crippen molar-refractivity contribution in [3.63, 3.8) is 0 Å². The Hall–Kier alpha value is -1.32. The molecular weight excluding hydrogens is 328 g/mol. The second-order valence-electron chi connectivity index (χ2n) is 9.21. The summed E-state index contributed by atoms with van der Waals surface area (Å²) in [6.07, 6.45) is 9.07. The largest absolute Gasteiger partial charge is 0.469 e. The van der Waals surface area contributed by atoms with Crippen LogP contribution in [0.5, 0.6) is 0 Å². The average Bonchev–Trinajstić information content (AvgIpc) is 2.58. The first-order valence-electron chi connectivity index (χ1n) is 9.97. The number of fused-ring (bicyclic) bond motifs is 1. The predicted octanol–water partition coefficient (Wildman–Crippen LogP) is 4.92. The fraction of sp³-hybridized carbons (Fsp3) is 0.818. The van der Waals surface area contributed by atoms with Gasteiger partial charge in [-0.05, 0) is 61.7 Å². The number of esters is 2. The quantitative estimate of drug-likeness (QED) is 0.496. The molecule has 4 atom stereocenters. The first-order valence-corrected chi connectivity index (χ1v) is 9.97. The van der Waals surface area contributed by atoms with Crippen LogP contribution in [0, 0.1) is 28.6 Å². The summed E-state index contributed by atoms with van der Waals surface area (Å²) in [5.41, 5.74) is 2.08. The lowest BCUT2D eigenvalue weighted by atomic mass is 9.48. The van der Waals surface area contributed by atoms with Gasteiger partial charge in [-0.1, -0.05) is 38.8 Å². The number of carbonyl (C=O) groups is 2. The van der Waals surface area contributed by atoms with Crippen LogP contribution in [0.1, 0.15) is 72.6 Å². The summed E-state index contributed by atoms with van der Waals surface area (Å²) < 4.78 is 9.69. The average molecular weight is 365 g/mol. The summed E-state index contributed by atoms with van der Waals surface area (Å²) in [5, 5.41) is 0. The molecule has 0 aromatic carbocycles. The third-order valence-corrected chi connectivity index (χ3v) is 7.28. The Kier molecular flexibility index (Phi) is 6.57. The van der Waals surface area contributed by atoms with E-state index in [-0.39, 0.29) is 23.8 Å². The minimum atomic E-state index is -0.416. The Morgan fingerprint density at radius 3 is 2.50 bits per heavy atom. The van der Waals surface area contributed by atoms with E-state index in [2.05, 4.69) is 33.8 Å². The molecule has 0 aliphatic heterocycles. The summed E-state index contributed by atoms with van der Waals surface area (Å²) in [4.78, 5) is 23.8. The first kappa shape index (κ1) is 21.0. The van der Waals surface area contributed by atoms with Gasteiger partial charge >= 0.3 is 11.9 Å². The van der Waals surface area contributed by atoms with Crippen molar-refractivity contribution in [1.29, 1.82) is 0 Å². The van der Waals surface area contributed by atoms with E-state index in [1.54, 1.807) is 0 Å². The molecule has 2 aliphatic carbocycles. The van der Waals surface area contributed by atoms with Gasteiger partial charge in [-0.15, -0.1) is 0 Å². The molecule has 1 fully saturated rings. The van der Waals surface area contributed by atoms with E-state index in [1.807, 2.05) is 0 Å². The molecule has 4 unspecified atom stereocenters. The van der Waals surface area contributed by atoms with E-state index in [0.717, 1.165) is 12.8 Å². The van der Waals surface area contributed by atoms with Gasteiger partial charge in [0.1, 0.15) is 0 Å². The Morgan fingerprint density at radius 2 is 1.88 bits per heavy atom. The van der Waals surface area contributed by atoms with Crippen LogP contribution >= 0.6 is 0 Å². The summed E-state index contributed by atoms with van der Waals surface area (Å²) in [7, 11) is 2.75. The smallest absolute Gasteiger partial charge is 0.309 e. The zero-order chi connectivity index (χ0) is 19.5. The molecule has 0 aromatic heterocycles. The van der Waals surface area contributed by atoms with Gasteiger partial charge in [-0.3, -0.25) is 9.59 Å². The van der Waals surface area contributed by atoms with Gasteiger partial charge in [0.2, 0.25) is 0 Å². The predicted molar refractivity (Wildman–Crippen MR) is 102 cm³/mol. The Bertz CT molecular complexity index is 562. The first-order chi connectivity index (χ1) is 12.2. The number of carbonyl (C=O) groups excluding carboxylic acids is 2. The van der Waals surface area contributed by atoms with Gasteiger partial charge in [0.15, 0.2) is 0 Å². The number of hydrogen-bond donors (Lipinski definition) is 0. The maximum absolute atomic E-state index is 12.1. The zero-order valence-corrected chi connectivity index (χ0v) is 17.4. The van der Waals surface area contributed by atoms with Gasteiger partial charge in [0, 0.05) is 0 Å². The van der Waals surface area contributed by atoms with Crippen LogP contribution in [0.25, 0.3) is 0 Å². The highest BCUT2D eigenvalue weighted by Crippen LogP contribution is 2.60. The van der Waals surface area contributed by atoms with Gasteiger partial charge in [-0.2, -0.15) is 0 Å². The van der Waals surface area contributed by atoms with E-state index < -0.39 is 5.92 Å². The molecule has 1 saturated carbocycles. The molecule has 26 heavy (non-hydrogen) atoms. The highest BCUT2D eigenvalue weighted by atomic mass is 16.5. The Labute approximate surface area is 158 Å². The number of methoxy groups -OCH3 is 2. The monoisotopic (exact) mass is 364 g/mol. The lowest BCUT2D eigenvalue weighted by Gasteiger charge is -2.57. The van der Waals surface area contributed by atoms with Crippen molar-refractivity contribution >= 4 is 11.9 Å². The number of ether oxygens (including phenoxy) is 2. The number of hydrogen-bond acceptors (Lipinski definition) is 4. The Balaban J connectivity index is 2.17. The molecule has 2 aliphatic rings. The maximum atomic E-state index is 12.1. The lowest BCUT2D eigenvalue weighted by Crippen LogP contribution is -2.48. The van der Waals surface area contributed by atoms with Crippen LogP contribution in [-0.4, -0.2) is 26.2 Å². The van der Waals surface area contributed by atoms with Crippen LogP contribution in [0.15, 0.2) is 11.6 Å². The molecule has 0 radical (unpaired) electrons. The molecule has 0 bridgehead atoms. The minimum absolute atomic E-state index is 0.101. The molecule has 4 nitrogen and oxygen atoms in total. The van der Waals surface area contributed by atoms with Crippen LogP contribution in [0.3, 0.4) is 0 Å². The molecular formula is C22H36O4. The van der Waals surface area contributed by atoms with Gasteiger partial charge in [0.25, 0.3) is 0 Å². The molecule has 148 valence electrons. The van der Waals surface area contributed by atoms with Crippen molar-refractivity contribution in [2.24, 2.45) is 28.6 Å². The van der Waals surface area contributed by atoms with Gasteiger partial charge in [-0.25, -0.2) is 0 Å². The van der Waals surface area contributed by atoms with Crippen molar-refractivity contribution in [3.8, 4) is 0 Å². The molecule has 4 heteroatoms. The van der Waals surface area contributed by atoms with Crippen molar-refractivity contribution in [1.82, 2.24) is 0 Å². The fourth-order valence-electron chi connectivity index (χ4n) is 5.82. The fourth-order valence-corrected chi connectivity index (χ4v) is 5.82. The number of rotatable bonds is 6. The summed E-state index contributed by atoms with van der Waals surface area (Å²) in [6, 6.07) is 0. The van der Waals surface area contributed by atoms with E-state index >= 15 is 0 Å². The molecule has 0 heterocycles. The van der Waals surface area contributed by atoms with Crippen LogP contribution < -0.4 is 0 Å². The van der Waals surface area contributed by atoms with Crippen molar-refractivity contribution in [2.45, 2.75) is 72.6 Å². The normalized spacial score (nSPS) is 31.4. The van der Waals surface area contributed by atoms with E-state index in [1.165, 1.54) is 39.1 Å². The maximum Gasteiger partial charge on any atom is 0.309 e. The SMILES string of the molecule is COC(=O)CC(CCC1C(C)=CCC2C(C)(C)CCCC12C)C(=O)OC. The number of allylic oxidation sites excluding steroid dienone is 2. The van der Waals surface area contributed by atoms with Crippen molar-refractivity contribution in [3.05, 3.63) is 11.6 Å². The third-order valence-electron chi connectivity index (χ3n) is 7.28. The topological polar surface area (TPSA) is 52.6 Å². The van der Waals surface area contributed by atoms with Crippen molar-refractivity contribution in [2.75, 3.05) is 14.2 Å². The summed E-state index contributed by atoms with van der Waals surface area (Å²) in [5.74, 6) is 0.0683. The van der Waals surface area contributed by atoms with E-state index in [4.69, 9.17) is 9.47 Å². The second-order valence-corrected chi connectivity index (χ2v) is 9.21. The molecule has 0 spiro atoms. The standard InChI is InChI=1S/C22H36O4/c1-15-8-11-18-21(2,3)12-7-13-22(18,4)17(15)10-9-16(20(24)26-6)14-19(23)25-5/h8,16-18H,7,9-14H2,1-6H3. The molecule has 0 aromatic rings. The van der Waals surface area contributed by atoms with Crippen LogP contribution in [0.4, 0.5) is 0 Å². The molecule has 2 rings (SSSR count). The van der Waals surface area contributed by atoms with Crippen molar-refractivity contribution < 1.29 is 19.1 Å². The van der Waals surface area contributed by atoms with E-state index in [9.17, 15) is 9.59 Å². The van der Waals surface area contributed by atoms with Crippen LogP contribution in [0.2, 0.25) is 0 Å². The van der Waals surface area contributed by atoms with Gasteiger partial charge < -0.3 is 9.47 Å². The molecule has 0 N–H and O–H groups in total. The Morgan fingerprint density at radius 1 is 1.19 bits per heavy atom. The highest BCUT2D eigenvalue weighted by Gasteiger charge is 2.51. The van der Waals surface area contributed by atoms with Gasteiger partial charge in [0.05, 0.1) is 26.6 Å². The highest BCUT2D eigenvalue weighted by molar-refractivity contribution is 5.79. The zero-order valence-electron chi connectivity index (χ0n) is 17.4. The summed E-state index contributed by atoms with van der Waals surface area (Å²) >= 11 is 0. The molecule has 0 amide bonds.